The monoisotopic (exact) mass is 213 g/mol. The van der Waals surface area contributed by atoms with Crippen LogP contribution < -0.4 is 5.32 Å². The van der Waals surface area contributed by atoms with Gasteiger partial charge < -0.3 is 20.6 Å². The van der Waals surface area contributed by atoms with Gasteiger partial charge in [-0.25, -0.2) is 9.97 Å². The quantitative estimate of drug-likeness (QED) is 0.510. The average molecular weight is 213 g/mol. The van der Waals surface area contributed by atoms with Crippen molar-refractivity contribution in [2.75, 3.05) is 13.6 Å². The van der Waals surface area contributed by atoms with Crippen molar-refractivity contribution in [3.63, 3.8) is 0 Å². The molecule has 6 heteroatoms. The van der Waals surface area contributed by atoms with Crippen LogP contribution in [0.15, 0.2) is 12.4 Å². The van der Waals surface area contributed by atoms with E-state index in [0.717, 1.165) is 0 Å². The Bertz CT molecular complexity index is 291. The molecule has 1 rings (SSSR count). The van der Waals surface area contributed by atoms with Crippen molar-refractivity contribution in [1.29, 1.82) is 0 Å². The molecule has 0 aliphatic rings. The molecule has 0 saturated carbocycles. The minimum atomic E-state index is -1.13. The molecule has 0 aliphatic heterocycles. The topological polar surface area (TPSA) is 98.5 Å². The fraction of sp³-hybridized carbons (Fsp3) is 0.556. The summed E-state index contributed by atoms with van der Waals surface area (Å²) in [7, 11) is 1.76. The van der Waals surface area contributed by atoms with Crippen LogP contribution in [0.25, 0.3) is 0 Å². The summed E-state index contributed by atoms with van der Waals surface area (Å²) in [6, 6.07) is 0. The largest absolute Gasteiger partial charge is 0.505 e. The molecule has 0 bridgehead atoms. The van der Waals surface area contributed by atoms with Gasteiger partial charge in [0.1, 0.15) is 6.10 Å². The summed E-state index contributed by atoms with van der Waals surface area (Å²) in [5, 5.41) is 31.0. The van der Waals surface area contributed by atoms with Crippen molar-refractivity contribution in [3.8, 4) is 5.75 Å². The highest BCUT2D eigenvalue weighted by molar-refractivity contribution is 5.10. The van der Waals surface area contributed by atoms with Crippen LogP contribution in [0.5, 0.6) is 5.75 Å². The lowest BCUT2D eigenvalue weighted by molar-refractivity contribution is 0.00870. The zero-order chi connectivity index (χ0) is 11.3. The Morgan fingerprint density at radius 1 is 1.33 bits per heavy atom. The van der Waals surface area contributed by atoms with Crippen LogP contribution in [0.3, 0.4) is 0 Å². The standard InChI is InChI=1S/C9H15N3O3/c1-10-3-2-7(14)8(15)9-11-4-6(13)5-12-9/h4-5,7-8,10,13-15H,2-3H2,1H3. The molecule has 4 N–H and O–H groups in total. The van der Waals surface area contributed by atoms with Gasteiger partial charge >= 0.3 is 0 Å². The maximum Gasteiger partial charge on any atom is 0.159 e. The highest BCUT2D eigenvalue weighted by atomic mass is 16.3. The van der Waals surface area contributed by atoms with E-state index in [1.165, 1.54) is 12.4 Å². The van der Waals surface area contributed by atoms with Gasteiger partial charge in [0.05, 0.1) is 18.5 Å². The molecule has 6 nitrogen and oxygen atoms in total. The van der Waals surface area contributed by atoms with Crippen molar-refractivity contribution >= 4 is 0 Å². The molecule has 15 heavy (non-hydrogen) atoms. The first-order chi connectivity index (χ1) is 7.15. The van der Waals surface area contributed by atoms with Gasteiger partial charge in [-0.3, -0.25) is 0 Å². The Balaban J connectivity index is 2.59. The molecule has 0 amide bonds. The molecule has 1 aromatic heterocycles. The second-order valence-corrected chi connectivity index (χ2v) is 3.20. The summed E-state index contributed by atoms with van der Waals surface area (Å²) in [5.74, 6) is 0.0343. The van der Waals surface area contributed by atoms with Gasteiger partial charge in [-0.2, -0.15) is 0 Å². The molecule has 1 heterocycles. The lowest BCUT2D eigenvalue weighted by Gasteiger charge is -2.15. The highest BCUT2D eigenvalue weighted by Gasteiger charge is 2.20. The lowest BCUT2D eigenvalue weighted by Crippen LogP contribution is -2.24. The maximum atomic E-state index is 9.62. The Morgan fingerprint density at radius 3 is 2.47 bits per heavy atom. The second kappa shape index (κ2) is 5.59. The molecule has 0 aromatic carbocycles. The van der Waals surface area contributed by atoms with E-state index in [4.69, 9.17) is 5.11 Å². The summed E-state index contributed by atoms with van der Waals surface area (Å²) < 4.78 is 0. The van der Waals surface area contributed by atoms with Gasteiger partial charge in [-0.15, -0.1) is 0 Å². The Labute approximate surface area is 87.6 Å². The van der Waals surface area contributed by atoms with Crippen LogP contribution in [0, 0.1) is 0 Å². The van der Waals surface area contributed by atoms with E-state index in [1.807, 2.05) is 0 Å². The predicted octanol–water partition coefficient (Wildman–Crippen LogP) is -0.814. The first kappa shape index (κ1) is 11.8. The smallest absolute Gasteiger partial charge is 0.159 e. The van der Waals surface area contributed by atoms with E-state index in [0.29, 0.717) is 13.0 Å². The number of hydrogen-bond acceptors (Lipinski definition) is 6. The van der Waals surface area contributed by atoms with Crippen molar-refractivity contribution in [2.24, 2.45) is 0 Å². The van der Waals surface area contributed by atoms with Crippen LogP contribution in [0.1, 0.15) is 18.3 Å². The third kappa shape index (κ3) is 3.43. The minimum Gasteiger partial charge on any atom is -0.505 e. The Kier molecular flexibility index (Phi) is 4.41. The predicted molar refractivity (Wildman–Crippen MR) is 53.2 cm³/mol. The van der Waals surface area contributed by atoms with E-state index in [2.05, 4.69) is 15.3 Å². The van der Waals surface area contributed by atoms with Crippen LogP contribution in [-0.2, 0) is 0 Å². The van der Waals surface area contributed by atoms with E-state index in [9.17, 15) is 10.2 Å². The second-order valence-electron chi connectivity index (χ2n) is 3.20. The lowest BCUT2D eigenvalue weighted by atomic mass is 10.1. The van der Waals surface area contributed by atoms with Crippen molar-refractivity contribution in [2.45, 2.75) is 18.6 Å². The number of nitrogens with one attached hydrogen (secondary N) is 1. The Hall–Kier alpha value is -1.24. The normalized spacial score (nSPS) is 14.9. The van der Waals surface area contributed by atoms with Gasteiger partial charge in [0, 0.05) is 0 Å². The fourth-order valence-corrected chi connectivity index (χ4v) is 1.11. The summed E-state index contributed by atoms with van der Waals surface area (Å²) in [5.41, 5.74) is 0. The highest BCUT2D eigenvalue weighted by Crippen LogP contribution is 2.15. The van der Waals surface area contributed by atoms with Gasteiger partial charge in [0.2, 0.25) is 0 Å². The van der Waals surface area contributed by atoms with E-state index < -0.39 is 12.2 Å². The number of aromatic hydroxyl groups is 1. The number of nitrogens with zero attached hydrogens (tertiary/aromatic N) is 2. The van der Waals surface area contributed by atoms with Crippen LogP contribution in [-0.4, -0.2) is 45.0 Å². The SMILES string of the molecule is CNCCC(O)C(O)c1ncc(O)cn1. The van der Waals surface area contributed by atoms with Crippen molar-refractivity contribution < 1.29 is 15.3 Å². The molecular formula is C9H15N3O3. The van der Waals surface area contributed by atoms with Gasteiger partial charge in [0.15, 0.2) is 11.6 Å². The Morgan fingerprint density at radius 2 is 1.93 bits per heavy atom. The third-order valence-corrected chi connectivity index (χ3v) is 1.98. The summed E-state index contributed by atoms with van der Waals surface area (Å²) in [6.07, 6.45) is 0.718. The molecule has 2 atom stereocenters. The third-order valence-electron chi connectivity index (χ3n) is 1.98. The average Bonchev–Trinajstić information content (AvgIpc) is 2.26. The van der Waals surface area contributed by atoms with Crippen LogP contribution >= 0.6 is 0 Å². The number of rotatable bonds is 5. The summed E-state index contributed by atoms with van der Waals surface area (Å²) >= 11 is 0. The van der Waals surface area contributed by atoms with Crippen molar-refractivity contribution in [1.82, 2.24) is 15.3 Å². The van der Waals surface area contributed by atoms with Gasteiger partial charge in [-0.05, 0) is 20.0 Å². The first-order valence-corrected chi connectivity index (χ1v) is 4.66. The molecule has 2 unspecified atom stereocenters. The molecule has 0 saturated heterocycles. The molecule has 84 valence electrons. The fourth-order valence-electron chi connectivity index (χ4n) is 1.11. The zero-order valence-corrected chi connectivity index (χ0v) is 8.46. The minimum absolute atomic E-state index is 0.0735. The summed E-state index contributed by atoms with van der Waals surface area (Å²) in [6.45, 7) is 0.594. The summed E-state index contributed by atoms with van der Waals surface area (Å²) in [4.78, 5) is 7.43. The maximum absolute atomic E-state index is 9.62. The van der Waals surface area contributed by atoms with Crippen LogP contribution in [0.4, 0.5) is 0 Å². The van der Waals surface area contributed by atoms with E-state index in [1.54, 1.807) is 7.05 Å². The van der Waals surface area contributed by atoms with E-state index >= 15 is 0 Å². The molecule has 0 radical (unpaired) electrons. The van der Waals surface area contributed by atoms with E-state index in [-0.39, 0.29) is 11.6 Å². The van der Waals surface area contributed by atoms with Gasteiger partial charge in [0.25, 0.3) is 0 Å². The number of hydrogen-bond donors (Lipinski definition) is 4. The zero-order valence-electron chi connectivity index (χ0n) is 8.46. The molecular weight excluding hydrogens is 198 g/mol. The number of aliphatic hydroxyl groups is 2. The number of aromatic nitrogens is 2. The van der Waals surface area contributed by atoms with Crippen molar-refractivity contribution in [3.05, 3.63) is 18.2 Å². The van der Waals surface area contributed by atoms with Crippen LogP contribution in [0.2, 0.25) is 0 Å². The molecule has 0 aliphatic carbocycles. The molecule has 1 aromatic rings. The molecule has 0 spiro atoms. The van der Waals surface area contributed by atoms with Gasteiger partial charge in [-0.1, -0.05) is 0 Å². The number of aliphatic hydroxyl groups excluding tert-OH is 2. The first-order valence-electron chi connectivity index (χ1n) is 4.66. The molecule has 0 fully saturated rings.